The van der Waals surface area contributed by atoms with Gasteiger partial charge in [-0.2, -0.15) is 0 Å². The molecule has 0 amide bonds. The van der Waals surface area contributed by atoms with Crippen LogP contribution in [0.15, 0.2) is 221 Å². The maximum absolute atomic E-state index is 15.4. The molecule has 0 N–H and O–H groups in total. The van der Waals surface area contributed by atoms with Crippen molar-refractivity contribution in [3.8, 4) is 40.2 Å². The van der Waals surface area contributed by atoms with Crippen molar-refractivity contribution in [3.05, 3.63) is 212 Å². The fourth-order valence-electron chi connectivity index (χ4n) is 4.86. The summed E-state index contributed by atoms with van der Waals surface area (Å²) in [5.74, 6) is 2.05. The lowest BCUT2D eigenvalue weighted by molar-refractivity contribution is 0.369. The molecule has 13 heteroatoms. The van der Waals surface area contributed by atoms with Gasteiger partial charge in [-0.1, -0.05) is 136 Å². The van der Waals surface area contributed by atoms with Crippen LogP contribution in [0.4, 0.5) is 0 Å². The van der Waals surface area contributed by atoms with E-state index in [9.17, 15) is 0 Å². The van der Waals surface area contributed by atoms with Crippen LogP contribution in [0, 0.1) is 0 Å². The summed E-state index contributed by atoms with van der Waals surface area (Å²) in [7, 11) is -13.4. The molecule has 0 aliphatic carbocycles. The predicted molar refractivity (Wildman–Crippen MR) is 216 cm³/mol. The Morgan fingerprint density at radius 3 is 0.745 bits per heavy atom. The van der Waals surface area contributed by atoms with Gasteiger partial charge in [-0.25, -0.2) is 4.57 Å². The third kappa shape index (κ3) is 10.7. The topological polar surface area (TPSA) is 106 Å². The summed E-state index contributed by atoms with van der Waals surface area (Å²) < 4.78 is 71.5. The summed E-state index contributed by atoms with van der Waals surface area (Å²) in [6, 6.07) is 61.4. The third-order valence-corrected chi connectivity index (χ3v) is 13.9. The highest BCUT2D eigenvalue weighted by Gasteiger charge is 2.44. The molecule has 0 radical (unpaired) electrons. The van der Waals surface area contributed by atoms with E-state index in [-0.39, 0.29) is 23.0 Å². The maximum Gasteiger partial charge on any atom is 0.569 e. The molecule has 0 aliphatic heterocycles. The van der Waals surface area contributed by atoms with Gasteiger partial charge < -0.3 is 31.7 Å². The Morgan fingerprint density at radius 2 is 0.491 bits per heavy atom. The van der Waals surface area contributed by atoms with Gasteiger partial charge in [-0.3, -0.25) is 0 Å². The highest BCUT2D eigenvalue weighted by molar-refractivity contribution is 7.71. The standard InChI is InChI=1S/C42H35N2O8P3/c45-54(48-38-26-12-3-13-27-38,49-39-28-14-4-15-29-39)43-53(46-36-22-8-1-9-23-36,47-37-24-10-2-11-25-37)44-55(50-40-30-16-5-17-31-40,51-41-32-18-6-19-33-41)52-42-34-20-7-21-35-42/h1-35H. The van der Waals surface area contributed by atoms with Crippen LogP contribution in [-0.2, 0) is 4.57 Å². The van der Waals surface area contributed by atoms with Gasteiger partial charge in [0, 0.05) is 0 Å². The quantitative estimate of drug-likeness (QED) is 0.0891. The smallest absolute Gasteiger partial charge is 0.413 e. The van der Waals surface area contributed by atoms with Crippen LogP contribution in [0.5, 0.6) is 40.2 Å². The van der Waals surface area contributed by atoms with Crippen molar-refractivity contribution in [2.45, 2.75) is 0 Å². The Hall–Kier alpha value is -6.17. The summed E-state index contributed by atoms with van der Waals surface area (Å²) in [6.45, 7) is 0. The molecule has 0 aliphatic rings. The largest absolute Gasteiger partial charge is 0.569 e. The number of benzene rings is 7. The number of hydrogen-bond donors (Lipinski definition) is 0. The third-order valence-electron chi connectivity index (χ3n) is 7.20. The van der Waals surface area contributed by atoms with Crippen LogP contribution in [-0.4, -0.2) is 0 Å². The molecule has 276 valence electrons. The van der Waals surface area contributed by atoms with Crippen molar-refractivity contribution in [2.24, 2.45) is 9.03 Å². The minimum Gasteiger partial charge on any atom is -0.413 e. The summed E-state index contributed by atoms with van der Waals surface area (Å²) in [5, 5.41) is 0. The molecule has 0 saturated heterocycles. The Morgan fingerprint density at radius 1 is 0.273 bits per heavy atom. The molecule has 10 nitrogen and oxygen atoms in total. The molecule has 55 heavy (non-hydrogen) atoms. The first-order valence-corrected chi connectivity index (χ1v) is 21.6. The average Bonchev–Trinajstić information content (AvgIpc) is 3.20. The highest BCUT2D eigenvalue weighted by Crippen LogP contribution is 2.70. The van der Waals surface area contributed by atoms with Crippen LogP contribution in [0.3, 0.4) is 0 Å². The van der Waals surface area contributed by atoms with E-state index in [1.54, 1.807) is 182 Å². The Bertz CT molecular complexity index is 2200. The van der Waals surface area contributed by atoms with Crippen molar-refractivity contribution in [3.63, 3.8) is 0 Å². The van der Waals surface area contributed by atoms with E-state index >= 15 is 4.57 Å². The molecule has 0 saturated carbocycles. The van der Waals surface area contributed by atoms with Gasteiger partial charge in [0.25, 0.3) is 0 Å². The molecule has 7 aromatic carbocycles. The molecule has 0 atom stereocenters. The van der Waals surface area contributed by atoms with Crippen molar-refractivity contribution in [1.82, 2.24) is 0 Å². The van der Waals surface area contributed by atoms with Gasteiger partial charge in [0.1, 0.15) is 40.2 Å². The van der Waals surface area contributed by atoms with Crippen LogP contribution in [0.25, 0.3) is 0 Å². The summed E-state index contributed by atoms with van der Waals surface area (Å²) >= 11 is 0. The summed E-state index contributed by atoms with van der Waals surface area (Å²) in [4.78, 5) is 0. The lowest BCUT2D eigenvalue weighted by atomic mass is 10.3. The fraction of sp³-hybridized carbons (Fsp3) is 0. The van der Waals surface area contributed by atoms with Crippen LogP contribution < -0.4 is 31.7 Å². The van der Waals surface area contributed by atoms with Gasteiger partial charge in [0.05, 0.1) is 0 Å². The van der Waals surface area contributed by atoms with E-state index in [0.29, 0.717) is 17.2 Å². The van der Waals surface area contributed by atoms with E-state index in [4.69, 9.17) is 40.7 Å². The minimum absolute atomic E-state index is 0.214. The first-order chi connectivity index (χ1) is 27.0. The van der Waals surface area contributed by atoms with E-state index in [1.165, 1.54) is 0 Å². The Labute approximate surface area is 320 Å². The molecule has 0 bridgehead atoms. The maximum atomic E-state index is 15.4. The molecule has 0 aromatic heterocycles. The van der Waals surface area contributed by atoms with E-state index in [0.717, 1.165) is 0 Å². The van der Waals surface area contributed by atoms with Gasteiger partial charge in [-0.15, -0.1) is 0 Å². The number of rotatable bonds is 16. The molecule has 0 fully saturated rings. The fourth-order valence-corrected chi connectivity index (χ4v) is 11.8. The van der Waals surface area contributed by atoms with Crippen LogP contribution in [0.1, 0.15) is 0 Å². The van der Waals surface area contributed by atoms with E-state index < -0.39 is 23.1 Å². The van der Waals surface area contributed by atoms with Gasteiger partial charge in [-0.05, 0) is 84.9 Å². The van der Waals surface area contributed by atoms with Crippen LogP contribution in [0.2, 0.25) is 0 Å². The lowest BCUT2D eigenvalue weighted by Gasteiger charge is -2.29. The summed E-state index contributed by atoms with van der Waals surface area (Å²) in [6.07, 6.45) is 0. The average molecular weight is 789 g/mol. The van der Waals surface area contributed by atoms with Gasteiger partial charge in [0.2, 0.25) is 0 Å². The van der Waals surface area contributed by atoms with Crippen molar-refractivity contribution < 1.29 is 36.2 Å². The molecule has 7 aromatic rings. The zero-order valence-electron chi connectivity index (χ0n) is 29.2. The second-order valence-electron chi connectivity index (χ2n) is 11.4. The molecule has 0 unspecified atom stereocenters. The SMILES string of the molecule is O=P(N=P(N=P(Oc1ccccc1)(Oc1ccccc1)Oc1ccccc1)(Oc1ccccc1)Oc1ccccc1)(Oc1ccccc1)Oc1ccccc1. The highest BCUT2D eigenvalue weighted by atomic mass is 31.3. The lowest BCUT2D eigenvalue weighted by Crippen LogP contribution is -2.11. The molecule has 0 heterocycles. The van der Waals surface area contributed by atoms with Gasteiger partial charge >= 0.3 is 23.1 Å². The van der Waals surface area contributed by atoms with E-state index in [2.05, 4.69) is 0 Å². The van der Waals surface area contributed by atoms with Gasteiger partial charge in [0.15, 0.2) is 0 Å². The zero-order chi connectivity index (χ0) is 37.7. The first-order valence-electron chi connectivity index (χ1n) is 17.1. The number of hydrogen-bond acceptors (Lipinski definition) is 8. The molecule has 7 rings (SSSR count). The van der Waals surface area contributed by atoms with E-state index in [1.807, 2.05) is 30.3 Å². The van der Waals surface area contributed by atoms with Crippen LogP contribution >= 0.6 is 23.1 Å². The molecular weight excluding hydrogens is 753 g/mol. The summed E-state index contributed by atoms with van der Waals surface area (Å²) in [5.41, 5.74) is 0. The Kier molecular flexibility index (Phi) is 12.0. The minimum atomic E-state index is -4.71. The second kappa shape index (κ2) is 17.8. The molecular formula is C42H35N2O8P3. The van der Waals surface area contributed by atoms with Crippen molar-refractivity contribution in [2.75, 3.05) is 0 Å². The zero-order valence-corrected chi connectivity index (χ0v) is 31.9. The normalized spacial score (nSPS) is 11.3. The van der Waals surface area contributed by atoms with Crippen molar-refractivity contribution in [1.29, 1.82) is 0 Å². The second-order valence-corrected chi connectivity index (χ2v) is 17.0. The number of nitrogens with zero attached hydrogens (tertiary/aromatic N) is 2. The monoisotopic (exact) mass is 788 g/mol. The predicted octanol–water partition coefficient (Wildman–Crippen LogP) is 13.5. The Balaban J connectivity index is 1.56. The van der Waals surface area contributed by atoms with Crippen molar-refractivity contribution >= 4 is 23.1 Å². The molecule has 0 spiro atoms. The number of para-hydroxylation sites is 7. The first kappa shape index (κ1) is 37.2.